The second-order valence-electron chi connectivity index (χ2n) is 14.8. The molecular weight excluding hydrogens is 723 g/mol. The lowest BCUT2D eigenvalue weighted by Gasteiger charge is -2.26. The highest BCUT2D eigenvalue weighted by Gasteiger charge is 2.32. The van der Waals surface area contributed by atoms with Crippen LogP contribution in [0.25, 0.3) is 0 Å². The number of imidazole rings is 1. The molecule has 0 fully saturated rings. The summed E-state index contributed by atoms with van der Waals surface area (Å²) in [6.07, 6.45) is 5.43. The molecule has 3 unspecified atom stereocenters. The predicted octanol–water partition coefficient (Wildman–Crippen LogP) is 2.02. The second kappa shape index (κ2) is 25.2. The minimum atomic E-state index is -0.858. The Balaban J connectivity index is 2.00. The fourth-order valence-corrected chi connectivity index (χ4v) is 7.64. The molecule has 0 aromatic carbocycles. The number of aromatic amines is 1. The molecular formula is C39H67N9O6S. The molecule has 1 amide bonds. The van der Waals surface area contributed by atoms with Crippen LogP contribution in [0.1, 0.15) is 106 Å². The number of rotatable bonds is 31. The summed E-state index contributed by atoms with van der Waals surface area (Å²) in [4.78, 5) is 89.7. The third-order valence-corrected chi connectivity index (χ3v) is 11.8. The molecule has 16 heteroatoms. The van der Waals surface area contributed by atoms with E-state index < -0.39 is 48.3 Å². The average molecular weight is 790 g/mol. The summed E-state index contributed by atoms with van der Waals surface area (Å²) in [5, 5.41) is 13.5. The van der Waals surface area contributed by atoms with E-state index in [1.54, 1.807) is 24.9 Å². The molecule has 0 saturated carbocycles. The van der Waals surface area contributed by atoms with Crippen molar-refractivity contribution in [1.29, 1.82) is 0 Å². The summed E-state index contributed by atoms with van der Waals surface area (Å²) in [5.41, 5.74) is 12.3. The molecule has 0 aliphatic carbocycles. The summed E-state index contributed by atoms with van der Waals surface area (Å²) in [6.45, 7) is 14.7. The Bertz CT molecular complexity index is 1420. The van der Waals surface area contributed by atoms with Crippen molar-refractivity contribution in [3.05, 3.63) is 18.2 Å². The van der Waals surface area contributed by atoms with E-state index in [-0.39, 0.29) is 85.7 Å². The maximum atomic E-state index is 13.6. The Hall–Kier alpha value is -3.15. The fourth-order valence-electron chi connectivity index (χ4n) is 6.42. The highest BCUT2D eigenvalue weighted by Crippen LogP contribution is 2.25. The van der Waals surface area contributed by atoms with E-state index in [4.69, 9.17) is 11.5 Å². The first-order valence-corrected chi connectivity index (χ1v) is 20.9. The first-order valence-electron chi connectivity index (χ1n) is 20.0. The van der Waals surface area contributed by atoms with Crippen molar-refractivity contribution >= 4 is 51.6 Å². The minimum Gasteiger partial charge on any atom is -0.370 e. The maximum absolute atomic E-state index is 13.6. The van der Waals surface area contributed by atoms with Crippen LogP contribution < -0.4 is 32.7 Å². The number of ketones is 5. The van der Waals surface area contributed by atoms with Crippen LogP contribution in [-0.4, -0.2) is 112 Å². The van der Waals surface area contributed by atoms with Gasteiger partial charge in [-0.05, 0) is 24.3 Å². The van der Waals surface area contributed by atoms with Crippen LogP contribution in [0.15, 0.2) is 17.5 Å². The van der Waals surface area contributed by atoms with Crippen molar-refractivity contribution in [3.8, 4) is 0 Å². The van der Waals surface area contributed by atoms with Crippen LogP contribution in [0.3, 0.4) is 0 Å². The third kappa shape index (κ3) is 16.1. The first kappa shape index (κ1) is 48.0. The number of nitrogens with two attached hydrogens (primary N) is 2. The van der Waals surface area contributed by atoms with E-state index >= 15 is 0 Å². The van der Waals surface area contributed by atoms with Crippen molar-refractivity contribution in [2.24, 2.45) is 34.2 Å². The van der Waals surface area contributed by atoms with Crippen molar-refractivity contribution in [3.63, 3.8) is 0 Å². The highest BCUT2D eigenvalue weighted by atomic mass is 32.2. The number of aromatic nitrogens is 2. The molecule has 15 nitrogen and oxygen atoms in total. The molecule has 9 atom stereocenters. The average Bonchev–Trinajstić information content (AvgIpc) is 3.88. The number of thioether (sulfide) groups is 1. The van der Waals surface area contributed by atoms with Gasteiger partial charge in [-0.2, -0.15) is 0 Å². The zero-order valence-corrected chi connectivity index (χ0v) is 34.8. The van der Waals surface area contributed by atoms with E-state index in [0.717, 1.165) is 17.9 Å². The number of hydrogen-bond donors (Lipinski definition) is 7. The largest absolute Gasteiger partial charge is 0.370 e. The minimum absolute atomic E-state index is 0.00521. The van der Waals surface area contributed by atoms with Crippen LogP contribution in [0.2, 0.25) is 0 Å². The van der Waals surface area contributed by atoms with E-state index in [1.165, 1.54) is 6.33 Å². The van der Waals surface area contributed by atoms with Crippen molar-refractivity contribution in [2.75, 3.05) is 25.5 Å². The summed E-state index contributed by atoms with van der Waals surface area (Å²) in [5.74, 6) is -0.794. The zero-order valence-electron chi connectivity index (χ0n) is 34.0. The number of amides is 1. The maximum Gasteiger partial charge on any atom is 0.219 e. The number of Topliss-reactive ketones (excluding diaryl/α,β-unsaturated/α-hetero) is 5. The number of primary amides is 1. The van der Waals surface area contributed by atoms with Gasteiger partial charge in [0.1, 0.15) is 17.6 Å². The van der Waals surface area contributed by atoms with Gasteiger partial charge >= 0.3 is 0 Å². The normalized spacial score (nSPS) is 18.7. The molecule has 9 N–H and O–H groups in total. The van der Waals surface area contributed by atoms with Gasteiger partial charge in [-0.1, -0.05) is 67.7 Å². The number of likely N-dealkylation sites (N-methyl/N-ethyl adjacent to an activating group) is 1. The molecule has 2 rings (SSSR count). The topological polar surface area (TPSA) is 244 Å². The Morgan fingerprint density at radius 3 is 1.96 bits per heavy atom. The van der Waals surface area contributed by atoms with E-state index in [0.29, 0.717) is 31.0 Å². The molecule has 310 valence electrons. The summed E-state index contributed by atoms with van der Waals surface area (Å²) in [6, 6.07) is -3.31. The molecule has 55 heavy (non-hydrogen) atoms. The van der Waals surface area contributed by atoms with Gasteiger partial charge in [0.25, 0.3) is 0 Å². The lowest BCUT2D eigenvalue weighted by Crippen LogP contribution is -2.51. The van der Waals surface area contributed by atoms with Crippen LogP contribution in [-0.2, 0) is 35.2 Å². The quantitative estimate of drug-likeness (QED) is 0.0421. The number of carbonyl (C=O) groups excluding carboxylic acids is 6. The van der Waals surface area contributed by atoms with E-state index in [2.05, 4.69) is 50.1 Å². The van der Waals surface area contributed by atoms with Crippen LogP contribution in [0.4, 0.5) is 0 Å². The standard InChI is InChI=1S/C39H67N9O6S/c1-8-23(5)36(41)39-48-29(20-55-39)30(49)14-15-44-37(24(6)9-2)31(50)12-13-32(51)38(25(7)10-3)47-22-46-27(16-26-19-42-21-45-26)33(52)18-34(53)28(43-11-4)17-35(40)54/h19,21,23-25,27-29,36-38,43-44,46-47H,8-18,20,22,41H2,1-7H3,(H2,40,54)(H,42,45)/t23?,24-,25-,27+,28+,29?,36?,37+,38+/m1/s1. The van der Waals surface area contributed by atoms with Gasteiger partial charge in [0.05, 0.1) is 48.0 Å². The number of aliphatic imine (C=N–C) groups is 1. The van der Waals surface area contributed by atoms with Gasteiger partial charge in [0, 0.05) is 63.0 Å². The molecule has 1 aromatic heterocycles. The van der Waals surface area contributed by atoms with Gasteiger partial charge in [0.15, 0.2) is 17.3 Å². The molecule has 1 aliphatic heterocycles. The molecule has 0 radical (unpaired) electrons. The zero-order chi connectivity index (χ0) is 41.1. The number of H-pyrrole nitrogens is 1. The van der Waals surface area contributed by atoms with Crippen LogP contribution in [0, 0.1) is 17.8 Å². The van der Waals surface area contributed by atoms with Gasteiger partial charge in [-0.25, -0.2) is 4.98 Å². The molecule has 0 bridgehead atoms. The van der Waals surface area contributed by atoms with Crippen molar-refractivity contribution in [2.45, 2.75) is 143 Å². The van der Waals surface area contributed by atoms with Gasteiger partial charge in [0.2, 0.25) is 5.91 Å². The smallest absolute Gasteiger partial charge is 0.219 e. The Morgan fingerprint density at radius 2 is 1.42 bits per heavy atom. The number of hydrogen-bond acceptors (Lipinski definition) is 14. The Kier molecular flexibility index (Phi) is 22.0. The van der Waals surface area contributed by atoms with Crippen molar-refractivity contribution in [1.82, 2.24) is 31.2 Å². The monoisotopic (exact) mass is 789 g/mol. The fraction of sp³-hybridized carbons (Fsp3) is 0.744. The first-order chi connectivity index (χ1) is 26.2. The number of nitrogens with zero attached hydrogens (tertiary/aromatic N) is 2. The van der Waals surface area contributed by atoms with E-state index in [9.17, 15) is 28.8 Å². The lowest BCUT2D eigenvalue weighted by atomic mass is 9.89. The third-order valence-electron chi connectivity index (χ3n) is 10.7. The van der Waals surface area contributed by atoms with Crippen LogP contribution in [0.5, 0.6) is 0 Å². The summed E-state index contributed by atoms with van der Waals surface area (Å²) in [7, 11) is 0. The molecule has 0 saturated heterocycles. The molecule has 2 heterocycles. The molecule has 0 spiro atoms. The van der Waals surface area contributed by atoms with Crippen LogP contribution >= 0.6 is 11.8 Å². The Labute approximate surface area is 331 Å². The second-order valence-corrected chi connectivity index (χ2v) is 15.9. The van der Waals surface area contributed by atoms with E-state index in [1.807, 2.05) is 27.7 Å². The van der Waals surface area contributed by atoms with Gasteiger partial charge in [-0.15, -0.1) is 11.8 Å². The summed E-state index contributed by atoms with van der Waals surface area (Å²) < 4.78 is 0. The SMILES string of the molecule is CCN[C@@H](CC(N)=O)C(=O)CC(=O)[C@H](Cc1cnc[nH]1)NCN[C@H](C(=O)CCC(=O)[C@@H](NCCC(=O)C1CSC(C(N)C(C)CC)=N1)[C@H](C)CC)[C@H](C)CC. The number of carbonyl (C=O) groups is 6. The predicted molar refractivity (Wildman–Crippen MR) is 218 cm³/mol. The summed E-state index contributed by atoms with van der Waals surface area (Å²) >= 11 is 1.56. The van der Waals surface area contributed by atoms with Crippen molar-refractivity contribution < 1.29 is 28.8 Å². The highest BCUT2D eigenvalue weighted by molar-refractivity contribution is 8.14. The molecule has 1 aliphatic rings. The lowest BCUT2D eigenvalue weighted by molar-refractivity contribution is -0.131. The number of nitrogens with one attached hydrogen (secondary N) is 5. The Morgan fingerprint density at radius 1 is 0.818 bits per heavy atom. The molecule has 1 aromatic rings. The van der Waals surface area contributed by atoms with Gasteiger partial charge < -0.3 is 27.1 Å². The van der Waals surface area contributed by atoms with Gasteiger partial charge in [-0.3, -0.25) is 44.4 Å².